The molecule has 1 nitrogen and oxygen atoms in total. The fraction of sp³-hybridized carbons (Fsp3) is 0.800. The second-order valence-electron chi connectivity index (χ2n) is 3.33. The fourth-order valence-corrected chi connectivity index (χ4v) is 1.01. The lowest BCUT2D eigenvalue weighted by Crippen LogP contribution is -1.85. The van der Waals surface area contributed by atoms with E-state index in [1.807, 2.05) is 6.08 Å². The van der Waals surface area contributed by atoms with E-state index in [0.717, 1.165) is 12.3 Å². The van der Waals surface area contributed by atoms with Gasteiger partial charge in [-0.05, 0) is 18.8 Å². The highest BCUT2D eigenvalue weighted by atomic mass is 16.2. The second-order valence-corrected chi connectivity index (χ2v) is 3.33. The van der Waals surface area contributed by atoms with Crippen LogP contribution in [-0.2, 0) is 0 Å². The molecule has 0 aliphatic rings. The molecule has 0 bridgehead atoms. The summed E-state index contributed by atoms with van der Waals surface area (Å²) in [6.45, 7) is 4.69. The van der Waals surface area contributed by atoms with E-state index in [9.17, 15) is 0 Å². The minimum Gasteiger partial charge on any atom is -0.392 e. The van der Waals surface area contributed by atoms with Crippen molar-refractivity contribution in [2.24, 2.45) is 5.92 Å². The molecule has 0 aromatic carbocycles. The first-order chi connectivity index (χ1) is 5.27. The Morgan fingerprint density at radius 1 is 1.18 bits per heavy atom. The van der Waals surface area contributed by atoms with Gasteiger partial charge in [-0.15, -0.1) is 0 Å². The van der Waals surface area contributed by atoms with E-state index in [0.29, 0.717) is 0 Å². The smallest absolute Gasteiger partial charge is 0.0612 e. The van der Waals surface area contributed by atoms with Crippen molar-refractivity contribution in [1.29, 1.82) is 0 Å². The van der Waals surface area contributed by atoms with E-state index >= 15 is 0 Å². The predicted molar refractivity (Wildman–Crippen MR) is 49.5 cm³/mol. The van der Waals surface area contributed by atoms with Crippen molar-refractivity contribution in [1.82, 2.24) is 0 Å². The molecule has 0 fully saturated rings. The van der Waals surface area contributed by atoms with Crippen molar-refractivity contribution < 1.29 is 5.11 Å². The molecule has 11 heavy (non-hydrogen) atoms. The lowest BCUT2D eigenvalue weighted by molar-refractivity contribution is 0.342. The lowest BCUT2D eigenvalue weighted by atomic mass is 10.1. The van der Waals surface area contributed by atoms with E-state index in [2.05, 4.69) is 19.9 Å². The van der Waals surface area contributed by atoms with E-state index in [1.165, 1.54) is 19.3 Å². The molecule has 0 spiro atoms. The van der Waals surface area contributed by atoms with Gasteiger partial charge >= 0.3 is 0 Å². The highest BCUT2D eigenvalue weighted by Crippen LogP contribution is 2.07. The molecule has 0 rings (SSSR count). The van der Waals surface area contributed by atoms with Crippen LogP contribution in [0.5, 0.6) is 0 Å². The van der Waals surface area contributed by atoms with Gasteiger partial charge in [0.2, 0.25) is 0 Å². The maximum absolute atomic E-state index is 8.42. The van der Waals surface area contributed by atoms with Crippen LogP contribution in [0.3, 0.4) is 0 Å². The van der Waals surface area contributed by atoms with Gasteiger partial charge in [0, 0.05) is 0 Å². The Morgan fingerprint density at radius 3 is 2.45 bits per heavy atom. The standard InChI is InChI=1S/C10H20O/c1-10(2)8-6-4-3-5-7-9-11/h5,7,10-11H,3-4,6,8-9H2,1-2H3. The summed E-state index contributed by atoms with van der Waals surface area (Å²) in [5.41, 5.74) is 0. The summed E-state index contributed by atoms with van der Waals surface area (Å²) in [4.78, 5) is 0. The van der Waals surface area contributed by atoms with Crippen LogP contribution in [0.2, 0.25) is 0 Å². The van der Waals surface area contributed by atoms with Gasteiger partial charge in [-0.2, -0.15) is 0 Å². The summed E-state index contributed by atoms with van der Waals surface area (Å²) in [5, 5.41) is 8.42. The summed E-state index contributed by atoms with van der Waals surface area (Å²) in [6, 6.07) is 0. The van der Waals surface area contributed by atoms with Crippen LogP contribution in [0.15, 0.2) is 12.2 Å². The predicted octanol–water partition coefficient (Wildman–Crippen LogP) is 2.75. The van der Waals surface area contributed by atoms with Gasteiger partial charge in [0.1, 0.15) is 0 Å². The van der Waals surface area contributed by atoms with Crippen LogP contribution in [-0.4, -0.2) is 11.7 Å². The monoisotopic (exact) mass is 156 g/mol. The zero-order chi connectivity index (χ0) is 8.53. The Morgan fingerprint density at radius 2 is 1.91 bits per heavy atom. The molecule has 0 unspecified atom stereocenters. The summed E-state index contributed by atoms with van der Waals surface area (Å²) < 4.78 is 0. The average molecular weight is 156 g/mol. The lowest BCUT2D eigenvalue weighted by Gasteiger charge is -2.01. The summed E-state index contributed by atoms with van der Waals surface area (Å²) in [6.07, 6.45) is 8.89. The van der Waals surface area contributed by atoms with Gasteiger partial charge in [-0.3, -0.25) is 0 Å². The van der Waals surface area contributed by atoms with E-state index in [1.54, 1.807) is 0 Å². The van der Waals surface area contributed by atoms with E-state index < -0.39 is 0 Å². The topological polar surface area (TPSA) is 20.2 Å². The van der Waals surface area contributed by atoms with Gasteiger partial charge in [0.05, 0.1) is 6.61 Å². The van der Waals surface area contributed by atoms with Crippen LogP contribution < -0.4 is 0 Å². The van der Waals surface area contributed by atoms with Crippen LogP contribution in [0.4, 0.5) is 0 Å². The number of allylic oxidation sites excluding steroid dienone is 1. The van der Waals surface area contributed by atoms with Crippen molar-refractivity contribution in [3.8, 4) is 0 Å². The molecule has 0 saturated heterocycles. The summed E-state index contributed by atoms with van der Waals surface area (Å²) in [5.74, 6) is 0.830. The minimum absolute atomic E-state index is 0.185. The average Bonchev–Trinajstić information content (AvgIpc) is 1.96. The zero-order valence-corrected chi connectivity index (χ0v) is 7.71. The van der Waals surface area contributed by atoms with Gasteiger partial charge in [-0.25, -0.2) is 0 Å². The van der Waals surface area contributed by atoms with Crippen LogP contribution in [0.1, 0.15) is 39.5 Å². The Kier molecular flexibility index (Phi) is 7.59. The minimum atomic E-state index is 0.185. The molecule has 1 N–H and O–H groups in total. The molecule has 0 aliphatic carbocycles. The molecule has 0 heterocycles. The third-order valence-electron chi connectivity index (χ3n) is 1.67. The Labute approximate surface area is 70.1 Å². The number of aliphatic hydroxyl groups is 1. The molecule has 1 heteroatoms. The van der Waals surface area contributed by atoms with Crippen LogP contribution in [0.25, 0.3) is 0 Å². The second kappa shape index (κ2) is 7.80. The number of rotatable bonds is 6. The van der Waals surface area contributed by atoms with E-state index in [4.69, 9.17) is 5.11 Å². The molecular formula is C10H20O. The summed E-state index contributed by atoms with van der Waals surface area (Å²) >= 11 is 0. The third kappa shape index (κ3) is 9.70. The SMILES string of the molecule is CC(C)CCCCC=CCO. The summed E-state index contributed by atoms with van der Waals surface area (Å²) in [7, 11) is 0. The highest BCUT2D eigenvalue weighted by molar-refractivity contribution is 4.80. The molecule has 0 saturated carbocycles. The van der Waals surface area contributed by atoms with Gasteiger partial charge < -0.3 is 5.11 Å². The van der Waals surface area contributed by atoms with Crippen molar-refractivity contribution in [2.75, 3.05) is 6.61 Å². The normalized spacial score (nSPS) is 11.6. The first-order valence-electron chi connectivity index (χ1n) is 4.53. The Bertz CT molecular complexity index is 95.0. The first kappa shape index (κ1) is 10.7. The third-order valence-corrected chi connectivity index (χ3v) is 1.67. The number of unbranched alkanes of at least 4 members (excludes halogenated alkanes) is 2. The zero-order valence-electron chi connectivity index (χ0n) is 7.71. The fourth-order valence-electron chi connectivity index (χ4n) is 1.01. The molecule has 0 aromatic rings. The molecule has 66 valence electrons. The Balaban J connectivity index is 2.96. The van der Waals surface area contributed by atoms with Crippen molar-refractivity contribution in [2.45, 2.75) is 39.5 Å². The molecule has 0 aliphatic heterocycles. The van der Waals surface area contributed by atoms with Gasteiger partial charge in [-0.1, -0.05) is 38.8 Å². The number of aliphatic hydroxyl groups excluding tert-OH is 1. The Hall–Kier alpha value is -0.300. The van der Waals surface area contributed by atoms with Crippen molar-refractivity contribution in [3.05, 3.63) is 12.2 Å². The molecule has 0 aromatic heterocycles. The molecule has 0 radical (unpaired) electrons. The van der Waals surface area contributed by atoms with Gasteiger partial charge in [0.25, 0.3) is 0 Å². The van der Waals surface area contributed by atoms with Crippen LogP contribution in [0, 0.1) is 5.92 Å². The van der Waals surface area contributed by atoms with Crippen molar-refractivity contribution >= 4 is 0 Å². The first-order valence-corrected chi connectivity index (χ1v) is 4.53. The molecule has 0 atom stereocenters. The van der Waals surface area contributed by atoms with E-state index in [-0.39, 0.29) is 6.61 Å². The van der Waals surface area contributed by atoms with Crippen molar-refractivity contribution in [3.63, 3.8) is 0 Å². The molecule has 0 amide bonds. The molecular weight excluding hydrogens is 136 g/mol. The largest absolute Gasteiger partial charge is 0.392 e. The number of hydrogen-bond donors (Lipinski definition) is 1. The quantitative estimate of drug-likeness (QED) is 0.463. The maximum atomic E-state index is 8.42. The van der Waals surface area contributed by atoms with Crippen LogP contribution >= 0.6 is 0 Å². The number of hydrogen-bond acceptors (Lipinski definition) is 1. The highest BCUT2D eigenvalue weighted by Gasteiger charge is 1.91. The van der Waals surface area contributed by atoms with Gasteiger partial charge in [0.15, 0.2) is 0 Å². The maximum Gasteiger partial charge on any atom is 0.0612 e.